The molecule has 0 spiro atoms. The van der Waals surface area contributed by atoms with E-state index in [1.165, 1.54) is 23.3 Å². The van der Waals surface area contributed by atoms with Gasteiger partial charge in [0.25, 0.3) is 0 Å². The maximum atomic E-state index is 12.8. The van der Waals surface area contributed by atoms with Crippen molar-refractivity contribution in [2.45, 2.75) is 68.8 Å². The van der Waals surface area contributed by atoms with Crippen LogP contribution in [0.15, 0.2) is 61.1 Å². The Morgan fingerprint density at radius 2 is 1.73 bits per heavy atom. The molecule has 37 heavy (non-hydrogen) atoms. The number of alkyl halides is 3. The fraction of sp³-hybridized carbons (Fsp3) is 0.429. The molecule has 6 nitrogen and oxygen atoms in total. The summed E-state index contributed by atoms with van der Waals surface area (Å²) in [5, 5.41) is 17.3. The predicted molar refractivity (Wildman–Crippen MR) is 133 cm³/mol. The summed E-state index contributed by atoms with van der Waals surface area (Å²) in [5.41, 5.74) is 2.51. The third kappa shape index (κ3) is 4.19. The minimum atomic E-state index is -4.41. The second-order valence-corrected chi connectivity index (χ2v) is 10.8. The number of carbonyl (C=O) groups is 1. The summed E-state index contributed by atoms with van der Waals surface area (Å²) in [7, 11) is 0. The monoisotopic (exact) mass is 510 g/mol. The minimum Gasteiger partial charge on any atom is -0.392 e. The number of aliphatic hydroxyl groups excluding tert-OH is 1. The number of carbonyl (C=O) groups excluding carboxylic acids is 1. The number of fused-ring (bicyclic) bond motifs is 6. The first-order valence-electron chi connectivity index (χ1n) is 12.7. The van der Waals surface area contributed by atoms with E-state index in [1.54, 1.807) is 0 Å². The number of benzene rings is 2. The third-order valence-electron chi connectivity index (χ3n) is 8.90. The van der Waals surface area contributed by atoms with Gasteiger partial charge in [-0.15, -0.1) is 0 Å². The number of amides is 2. The average molecular weight is 511 g/mol. The maximum absolute atomic E-state index is 12.8. The molecule has 0 saturated heterocycles. The van der Waals surface area contributed by atoms with Crippen LogP contribution in [0.3, 0.4) is 0 Å². The number of nitrogens with one attached hydrogen (secondary N) is 2. The lowest BCUT2D eigenvalue weighted by atomic mass is 9.54. The van der Waals surface area contributed by atoms with Crippen LogP contribution in [-0.2, 0) is 6.18 Å². The van der Waals surface area contributed by atoms with Gasteiger partial charge in [-0.05, 0) is 80.2 Å². The van der Waals surface area contributed by atoms with E-state index in [0.717, 1.165) is 56.4 Å². The summed E-state index contributed by atoms with van der Waals surface area (Å²) in [4.78, 5) is 17.0. The maximum Gasteiger partial charge on any atom is 0.416 e. The van der Waals surface area contributed by atoms with Gasteiger partial charge in [-0.2, -0.15) is 13.2 Å². The summed E-state index contributed by atoms with van der Waals surface area (Å²) in [6, 6.07) is 12.4. The van der Waals surface area contributed by atoms with Crippen LogP contribution in [0.25, 0.3) is 11.3 Å². The summed E-state index contributed by atoms with van der Waals surface area (Å²) in [5.74, 6) is 0. The minimum absolute atomic E-state index is 0.0549. The van der Waals surface area contributed by atoms with E-state index in [2.05, 4.69) is 32.3 Å². The lowest BCUT2D eigenvalue weighted by Gasteiger charge is -2.55. The first kappa shape index (κ1) is 24.0. The zero-order chi connectivity index (χ0) is 25.8. The SMILES string of the molecule is O=C(Nc1ccc(C(F)(F)F)cc1)NC12CCC(C(O)CC3c4ccccc4-c4cncn43)(CC1)CC2. The normalized spacial score (nSPS) is 26.9. The van der Waals surface area contributed by atoms with Crippen molar-refractivity contribution < 1.29 is 23.1 Å². The van der Waals surface area contributed by atoms with Gasteiger partial charge in [0.15, 0.2) is 0 Å². The van der Waals surface area contributed by atoms with E-state index in [0.29, 0.717) is 12.1 Å². The molecule has 4 aliphatic rings. The van der Waals surface area contributed by atoms with Gasteiger partial charge in [0.1, 0.15) is 0 Å². The van der Waals surface area contributed by atoms with Crippen molar-refractivity contribution in [3.05, 3.63) is 72.2 Å². The second kappa shape index (κ2) is 8.62. The highest BCUT2D eigenvalue weighted by molar-refractivity contribution is 5.89. The molecule has 3 fully saturated rings. The largest absolute Gasteiger partial charge is 0.416 e. The fourth-order valence-electron chi connectivity index (χ4n) is 6.68. The van der Waals surface area contributed by atoms with Crippen molar-refractivity contribution in [1.82, 2.24) is 14.9 Å². The number of hydrogen-bond donors (Lipinski definition) is 3. The van der Waals surface area contributed by atoms with E-state index < -0.39 is 23.9 Å². The molecule has 2 heterocycles. The molecule has 0 radical (unpaired) electrons. The van der Waals surface area contributed by atoms with E-state index in [4.69, 9.17) is 0 Å². The van der Waals surface area contributed by atoms with Gasteiger partial charge in [-0.1, -0.05) is 24.3 Å². The molecular weight excluding hydrogens is 481 g/mol. The number of aromatic nitrogens is 2. The lowest BCUT2D eigenvalue weighted by molar-refractivity contribution is -0.137. The zero-order valence-corrected chi connectivity index (χ0v) is 20.3. The first-order valence-corrected chi connectivity index (χ1v) is 12.7. The molecule has 9 heteroatoms. The Kier molecular flexibility index (Phi) is 5.60. The summed E-state index contributed by atoms with van der Waals surface area (Å²) in [6.45, 7) is 0. The predicted octanol–water partition coefficient (Wildman–Crippen LogP) is 6.14. The number of anilines is 1. The summed E-state index contributed by atoms with van der Waals surface area (Å²) < 4.78 is 40.5. The van der Waals surface area contributed by atoms with Crippen LogP contribution in [0.1, 0.15) is 62.1 Å². The molecule has 1 aliphatic heterocycles. The highest BCUT2D eigenvalue weighted by atomic mass is 19.4. The average Bonchev–Trinajstić information content (AvgIpc) is 3.47. The zero-order valence-electron chi connectivity index (χ0n) is 20.3. The summed E-state index contributed by atoms with van der Waals surface area (Å²) in [6.07, 6.45) is 4.21. The van der Waals surface area contributed by atoms with Crippen LogP contribution in [0.2, 0.25) is 0 Å². The molecule has 3 N–H and O–H groups in total. The van der Waals surface area contributed by atoms with Crippen molar-refractivity contribution in [3.8, 4) is 11.3 Å². The highest BCUT2D eigenvalue weighted by Crippen LogP contribution is 2.56. The molecule has 7 rings (SSSR count). The molecule has 3 aliphatic carbocycles. The Bertz CT molecular complexity index is 1290. The number of imidazole rings is 1. The van der Waals surface area contributed by atoms with Gasteiger partial charge in [0, 0.05) is 16.8 Å². The van der Waals surface area contributed by atoms with Gasteiger partial charge >= 0.3 is 12.2 Å². The van der Waals surface area contributed by atoms with Crippen LogP contribution in [-0.4, -0.2) is 32.3 Å². The standard InChI is InChI=1S/C28H29F3N4O2/c29-28(30,31)18-5-7-19(8-6-18)33-25(37)34-27-12-9-26(10-13-27,11-14-27)24(36)15-22-20-3-1-2-4-21(20)23-16-32-17-35(22)23/h1-8,16-17,22,24,36H,9-15H2,(H2,33,34,37). The van der Waals surface area contributed by atoms with E-state index >= 15 is 0 Å². The molecule has 3 aromatic rings. The number of nitrogens with zero attached hydrogens (tertiary/aromatic N) is 2. The van der Waals surface area contributed by atoms with E-state index in [9.17, 15) is 23.1 Å². The molecule has 3 saturated carbocycles. The smallest absolute Gasteiger partial charge is 0.392 e. The van der Waals surface area contributed by atoms with Crippen LogP contribution in [0.4, 0.5) is 23.7 Å². The molecular formula is C28H29F3N4O2. The number of halogens is 3. The van der Waals surface area contributed by atoms with Crippen molar-refractivity contribution >= 4 is 11.7 Å². The van der Waals surface area contributed by atoms with Crippen LogP contribution >= 0.6 is 0 Å². The van der Waals surface area contributed by atoms with Gasteiger partial charge in [-0.25, -0.2) is 9.78 Å². The van der Waals surface area contributed by atoms with Crippen molar-refractivity contribution in [2.75, 3.05) is 5.32 Å². The fourth-order valence-corrected chi connectivity index (χ4v) is 6.68. The molecule has 2 bridgehead atoms. The topological polar surface area (TPSA) is 79.2 Å². The van der Waals surface area contributed by atoms with E-state index in [1.807, 2.05) is 24.7 Å². The second-order valence-electron chi connectivity index (χ2n) is 10.8. The number of rotatable bonds is 5. The lowest BCUT2D eigenvalue weighted by Crippen LogP contribution is -2.59. The Balaban J connectivity index is 1.09. The Morgan fingerprint density at radius 3 is 2.41 bits per heavy atom. The molecule has 194 valence electrons. The molecule has 2 aromatic carbocycles. The molecule has 2 amide bonds. The number of hydrogen-bond acceptors (Lipinski definition) is 3. The van der Waals surface area contributed by atoms with Gasteiger partial charge in [0.05, 0.1) is 35.9 Å². The van der Waals surface area contributed by atoms with Gasteiger partial charge < -0.3 is 20.3 Å². The third-order valence-corrected chi connectivity index (χ3v) is 8.90. The Labute approximate surface area is 212 Å². The van der Waals surface area contributed by atoms with E-state index in [-0.39, 0.29) is 17.0 Å². The number of aliphatic hydroxyl groups is 1. The number of urea groups is 1. The Hall–Kier alpha value is -3.33. The van der Waals surface area contributed by atoms with Crippen LogP contribution < -0.4 is 10.6 Å². The first-order chi connectivity index (χ1) is 17.7. The quantitative estimate of drug-likeness (QED) is 0.386. The van der Waals surface area contributed by atoms with Crippen molar-refractivity contribution in [3.63, 3.8) is 0 Å². The molecule has 2 atom stereocenters. The highest BCUT2D eigenvalue weighted by Gasteiger charge is 2.53. The van der Waals surface area contributed by atoms with Gasteiger partial charge in [-0.3, -0.25) is 0 Å². The summed E-state index contributed by atoms with van der Waals surface area (Å²) >= 11 is 0. The Morgan fingerprint density at radius 1 is 1.05 bits per heavy atom. The van der Waals surface area contributed by atoms with Gasteiger partial charge in [0.2, 0.25) is 0 Å². The van der Waals surface area contributed by atoms with Crippen molar-refractivity contribution in [1.29, 1.82) is 0 Å². The molecule has 2 unspecified atom stereocenters. The van der Waals surface area contributed by atoms with Crippen LogP contribution in [0, 0.1) is 5.41 Å². The van der Waals surface area contributed by atoms with Crippen LogP contribution in [0.5, 0.6) is 0 Å². The molecule has 1 aromatic heterocycles. The van der Waals surface area contributed by atoms with Crippen molar-refractivity contribution in [2.24, 2.45) is 5.41 Å².